The summed E-state index contributed by atoms with van der Waals surface area (Å²) in [7, 11) is 1.75. The quantitative estimate of drug-likeness (QED) is 0.582. The summed E-state index contributed by atoms with van der Waals surface area (Å²) in [5, 5.41) is 7.46. The minimum absolute atomic E-state index is 0.132. The third kappa shape index (κ3) is 3.78. The summed E-state index contributed by atoms with van der Waals surface area (Å²) in [6.07, 6.45) is 2.60. The van der Waals surface area contributed by atoms with Crippen molar-refractivity contribution in [2.75, 3.05) is 20.3 Å². The number of nitrogen functional groups attached to an aromatic ring is 1. The van der Waals surface area contributed by atoms with Gasteiger partial charge in [-0.3, -0.25) is 10.3 Å². The first kappa shape index (κ1) is 14.0. The van der Waals surface area contributed by atoms with Crippen LogP contribution >= 0.6 is 0 Å². The molecular formula is C15H23N3O. The average molecular weight is 261 g/mol. The van der Waals surface area contributed by atoms with Gasteiger partial charge in [0.15, 0.2) is 0 Å². The Morgan fingerprint density at radius 3 is 2.74 bits per heavy atom. The maximum Gasteiger partial charge on any atom is 0.122 e. The van der Waals surface area contributed by atoms with Gasteiger partial charge < -0.3 is 10.5 Å². The zero-order chi connectivity index (χ0) is 13.8. The van der Waals surface area contributed by atoms with Gasteiger partial charge in [-0.25, -0.2) is 0 Å². The molecule has 3 N–H and O–H groups in total. The summed E-state index contributed by atoms with van der Waals surface area (Å²) in [5.41, 5.74) is 8.83. The van der Waals surface area contributed by atoms with Crippen LogP contribution in [0.3, 0.4) is 0 Å². The Hall–Kier alpha value is -1.39. The molecule has 1 aliphatic carbocycles. The van der Waals surface area contributed by atoms with Gasteiger partial charge in [0.25, 0.3) is 0 Å². The number of nitrogens with two attached hydrogens (primary N) is 1. The maximum atomic E-state index is 7.46. The molecule has 2 rings (SSSR count). The van der Waals surface area contributed by atoms with Gasteiger partial charge in [-0.2, -0.15) is 0 Å². The lowest BCUT2D eigenvalue weighted by molar-refractivity contribution is 0.139. The lowest BCUT2D eigenvalue weighted by Gasteiger charge is -2.22. The van der Waals surface area contributed by atoms with E-state index in [1.54, 1.807) is 7.11 Å². The number of ether oxygens (including phenoxy) is 1. The minimum Gasteiger partial charge on any atom is -0.384 e. The number of benzene rings is 1. The smallest absolute Gasteiger partial charge is 0.122 e. The number of aryl methyl sites for hydroxylation is 1. The van der Waals surface area contributed by atoms with Crippen molar-refractivity contribution in [3.05, 3.63) is 34.9 Å². The molecule has 104 valence electrons. The van der Waals surface area contributed by atoms with Crippen molar-refractivity contribution >= 4 is 5.84 Å². The Balaban J connectivity index is 2.06. The van der Waals surface area contributed by atoms with E-state index in [2.05, 4.69) is 17.9 Å². The van der Waals surface area contributed by atoms with Crippen molar-refractivity contribution in [3.8, 4) is 0 Å². The van der Waals surface area contributed by atoms with E-state index in [0.717, 1.165) is 31.3 Å². The molecule has 19 heavy (non-hydrogen) atoms. The van der Waals surface area contributed by atoms with E-state index < -0.39 is 0 Å². The summed E-state index contributed by atoms with van der Waals surface area (Å²) in [6, 6.07) is 6.75. The van der Waals surface area contributed by atoms with E-state index in [1.165, 1.54) is 24.0 Å². The third-order valence-corrected chi connectivity index (χ3v) is 3.67. The van der Waals surface area contributed by atoms with Gasteiger partial charge in [-0.05, 0) is 37.0 Å². The van der Waals surface area contributed by atoms with Crippen LogP contribution in [0.25, 0.3) is 0 Å². The van der Waals surface area contributed by atoms with Crippen LogP contribution in [0.5, 0.6) is 0 Å². The highest BCUT2D eigenvalue weighted by Gasteiger charge is 2.28. The predicted octanol–water partition coefficient (Wildman–Crippen LogP) is 1.89. The fourth-order valence-electron chi connectivity index (χ4n) is 2.30. The Kier molecular flexibility index (Phi) is 4.56. The van der Waals surface area contributed by atoms with E-state index in [4.69, 9.17) is 15.9 Å². The van der Waals surface area contributed by atoms with Crippen LogP contribution in [0.15, 0.2) is 18.2 Å². The van der Waals surface area contributed by atoms with Crippen molar-refractivity contribution in [1.29, 1.82) is 5.41 Å². The maximum absolute atomic E-state index is 7.46. The topological polar surface area (TPSA) is 62.3 Å². The van der Waals surface area contributed by atoms with Crippen LogP contribution in [-0.4, -0.2) is 37.0 Å². The molecule has 1 aliphatic rings. The minimum atomic E-state index is 0.132. The van der Waals surface area contributed by atoms with Crippen LogP contribution in [-0.2, 0) is 11.3 Å². The van der Waals surface area contributed by atoms with Gasteiger partial charge in [0.05, 0.1) is 6.61 Å². The van der Waals surface area contributed by atoms with E-state index in [1.807, 2.05) is 12.1 Å². The molecule has 0 spiro atoms. The predicted molar refractivity (Wildman–Crippen MR) is 77.5 cm³/mol. The first-order valence-corrected chi connectivity index (χ1v) is 6.78. The number of rotatable bonds is 7. The van der Waals surface area contributed by atoms with E-state index >= 15 is 0 Å². The molecule has 1 aromatic rings. The standard InChI is InChI=1S/C15H23N3O/c1-11-9-12(15(16)17)3-4-13(11)10-18(7-8-19-2)14-5-6-14/h3-4,9,14H,5-8,10H2,1-2H3,(H3,16,17). The fraction of sp³-hybridized carbons (Fsp3) is 0.533. The number of amidine groups is 1. The highest BCUT2D eigenvalue weighted by atomic mass is 16.5. The summed E-state index contributed by atoms with van der Waals surface area (Å²) < 4.78 is 5.18. The second kappa shape index (κ2) is 6.17. The number of methoxy groups -OCH3 is 1. The lowest BCUT2D eigenvalue weighted by atomic mass is 10.0. The molecule has 4 nitrogen and oxygen atoms in total. The summed E-state index contributed by atoms with van der Waals surface area (Å²) >= 11 is 0. The largest absolute Gasteiger partial charge is 0.384 e. The van der Waals surface area contributed by atoms with Crippen molar-refractivity contribution in [2.24, 2.45) is 5.73 Å². The Morgan fingerprint density at radius 1 is 1.47 bits per heavy atom. The molecule has 0 bridgehead atoms. The molecule has 0 heterocycles. The van der Waals surface area contributed by atoms with Gasteiger partial charge in [0.2, 0.25) is 0 Å². The van der Waals surface area contributed by atoms with Gasteiger partial charge in [0, 0.05) is 31.8 Å². The Morgan fingerprint density at radius 2 is 2.21 bits per heavy atom. The number of hydrogen-bond donors (Lipinski definition) is 2. The fourth-order valence-corrected chi connectivity index (χ4v) is 2.30. The molecule has 0 radical (unpaired) electrons. The van der Waals surface area contributed by atoms with Gasteiger partial charge >= 0.3 is 0 Å². The second-order valence-corrected chi connectivity index (χ2v) is 5.25. The third-order valence-electron chi connectivity index (χ3n) is 3.67. The number of nitrogens with one attached hydrogen (secondary N) is 1. The molecule has 1 aromatic carbocycles. The summed E-state index contributed by atoms with van der Waals surface area (Å²) in [6.45, 7) is 4.80. The molecule has 0 atom stereocenters. The lowest BCUT2D eigenvalue weighted by Crippen LogP contribution is -2.29. The van der Waals surface area contributed by atoms with Crippen LogP contribution < -0.4 is 5.73 Å². The van der Waals surface area contributed by atoms with E-state index in [9.17, 15) is 0 Å². The van der Waals surface area contributed by atoms with Gasteiger partial charge in [-0.1, -0.05) is 12.1 Å². The SMILES string of the molecule is COCCN(Cc1ccc(C(=N)N)cc1C)C1CC1. The van der Waals surface area contributed by atoms with Crippen molar-refractivity contribution in [1.82, 2.24) is 4.90 Å². The molecule has 0 aliphatic heterocycles. The van der Waals surface area contributed by atoms with Gasteiger partial charge in [0.1, 0.15) is 5.84 Å². The molecule has 0 unspecified atom stereocenters. The number of nitrogens with zero attached hydrogens (tertiary/aromatic N) is 1. The molecule has 1 saturated carbocycles. The Labute approximate surface area is 115 Å². The van der Waals surface area contributed by atoms with Gasteiger partial charge in [-0.15, -0.1) is 0 Å². The van der Waals surface area contributed by atoms with Crippen molar-refractivity contribution < 1.29 is 4.74 Å². The highest BCUT2D eigenvalue weighted by Crippen LogP contribution is 2.28. The average Bonchev–Trinajstić information content (AvgIpc) is 3.20. The molecule has 4 heteroatoms. The van der Waals surface area contributed by atoms with E-state index in [0.29, 0.717) is 0 Å². The first-order valence-electron chi connectivity index (χ1n) is 6.78. The van der Waals surface area contributed by atoms with Crippen LogP contribution in [0, 0.1) is 12.3 Å². The van der Waals surface area contributed by atoms with Crippen LogP contribution in [0.2, 0.25) is 0 Å². The van der Waals surface area contributed by atoms with Crippen LogP contribution in [0.4, 0.5) is 0 Å². The molecule has 0 aromatic heterocycles. The molecule has 0 amide bonds. The first-order chi connectivity index (χ1) is 9.11. The molecule has 1 fully saturated rings. The summed E-state index contributed by atoms with van der Waals surface area (Å²) in [4.78, 5) is 2.49. The zero-order valence-corrected chi connectivity index (χ0v) is 11.8. The number of hydrogen-bond acceptors (Lipinski definition) is 3. The summed E-state index contributed by atoms with van der Waals surface area (Å²) in [5.74, 6) is 0.132. The zero-order valence-electron chi connectivity index (χ0n) is 11.8. The normalized spacial score (nSPS) is 14.9. The Bertz CT molecular complexity index is 455. The van der Waals surface area contributed by atoms with Crippen molar-refractivity contribution in [2.45, 2.75) is 32.4 Å². The second-order valence-electron chi connectivity index (χ2n) is 5.25. The molecular weight excluding hydrogens is 238 g/mol. The molecule has 0 saturated heterocycles. The van der Waals surface area contributed by atoms with Crippen molar-refractivity contribution in [3.63, 3.8) is 0 Å². The van der Waals surface area contributed by atoms with E-state index in [-0.39, 0.29) is 5.84 Å². The monoisotopic (exact) mass is 261 g/mol. The highest BCUT2D eigenvalue weighted by molar-refractivity contribution is 5.95. The van der Waals surface area contributed by atoms with Crippen LogP contribution in [0.1, 0.15) is 29.5 Å².